The van der Waals surface area contributed by atoms with Gasteiger partial charge in [-0.1, -0.05) is 68.5 Å². The van der Waals surface area contributed by atoms with E-state index in [4.69, 9.17) is 9.16 Å². The van der Waals surface area contributed by atoms with E-state index < -0.39 is 8.32 Å². The SMILES string of the molecule is Cc1ccc(C#C/C=C(/COc2ccccc2)O[Si](C)(C)C(C)(C)C)cc1. The van der Waals surface area contributed by atoms with Crippen LogP contribution >= 0.6 is 0 Å². The molecule has 0 amide bonds. The first-order chi connectivity index (χ1) is 12.7. The number of rotatable bonds is 5. The average Bonchev–Trinajstić information content (AvgIpc) is 2.61. The van der Waals surface area contributed by atoms with E-state index in [0.29, 0.717) is 6.61 Å². The first-order valence-corrected chi connectivity index (χ1v) is 12.2. The molecular weight excluding hydrogens is 348 g/mol. The van der Waals surface area contributed by atoms with Crippen molar-refractivity contribution in [1.82, 2.24) is 0 Å². The Labute approximate surface area is 165 Å². The lowest BCUT2D eigenvalue weighted by atomic mass is 10.1. The molecule has 0 unspecified atom stereocenters. The zero-order chi connectivity index (χ0) is 19.9. The van der Waals surface area contributed by atoms with E-state index in [1.54, 1.807) is 0 Å². The van der Waals surface area contributed by atoms with E-state index in [-0.39, 0.29) is 5.04 Å². The molecule has 0 fully saturated rings. The standard InChI is InChI=1S/C24H30O2Si/c1-20-15-17-21(18-16-20)11-10-14-23(26-27(5,6)24(2,3)4)19-25-22-12-8-7-9-13-22/h7-9,12-18H,19H2,1-6H3/b23-14-. The van der Waals surface area contributed by atoms with Crippen LogP contribution in [0.1, 0.15) is 31.9 Å². The predicted molar refractivity (Wildman–Crippen MR) is 116 cm³/mol. The molecule has 2 aromatic rings. The number of para-hydroxylation sites is 1. The van der Waals surface area contributed by atoms with E-state index in [2.05, 4.69) is 64.8 Å². The summed E-state index contributed by atoms with van der Waals surface area (Å²) in [6, 6.07) is 18.0. The van der Waals surface area contributed by atoms with Gasteiger partial charge in [-0.3, -0.25) is 0 Å². The second-order valence-electron chi connectivity index (χ2n) is 8.21. The van der Waals surface area contributed by atoms with Crippen LogP contribution in [-0.4, -0.2) is 14.9 Å². The fourth-order valence-corrected chi connectivity index (χ4v) is 3.17. The number of aryl methyl sites for hydroxylation is 1. The third-order valence-corrected chi connectivity index (χ3v) is 9.20. The highest BCUT2D eigenvalue weighted by Crippen LogP contribution is 2.37. The average molecular weight is 379 g/mol. The second kappa shape index (κ2) is 8.97. The molecule has 2 nitrogen and oxygen atoms in total. The van der Waals surface area contributed by atoms with Gasteiger partial charge in [0.25, 0.3) is 0 Å². The van der Waals surface area contributed by atoms with Gasteiger partial charge in [0.1, 0.15) is 18.1 Å². The fourth-order valence-electron chi connectivity index (χ4n) is 2.09. The molecule has 0 heterocycles. The van der Waals surface area contributed by atoms with Gasteiger partial charge in [0.15, 0.2) is 0 Å². The monoisotopic (exact) mass is 378 g/mol. The third kappa shape index (κ3) is 6.66. The van der Waals surface area contributed by atoms with Gasteiger partial charge in [0, 0.05) is 11.6 Å². The first kappa shape index (κ1) is 20.9. The minimum atomic E-state index is -1.96. The molecule has 2 aromatic carbocycles. The molecule has 0 aliphatic rings. The summed E-state index contributed by atoms with van der Waals surface area (Å²) in [5.41, 5.74) is 2.22. The van der Waals surface area contributed by atoms with Crippen LogP contribution in [0, 0.1) is 18.8 Å². The van der Waals surface area contributed by atoms with E-state index >= 15 is 0 Å². The van der Waals surface area contributed by atoms with Crippen molar-refractivity contribution in [2.75, 3.05) is 6.61 Å². The summed E-state index contributed by atoms with van der Waals surface area (Å²) >= 11 is 0. The molecule has 27 heavy (non-hydrogen) atoms. The molecule has 0 radical (unpaired) electrons. The topological polar surface area (TPSA) is 18.5 Å². The normalized spacial score (nSPS) is 12.1. The largest absolute Gasteiger partial charge is 0.544 e. The Morgan fingerprint density at radius 3 is 2.22 bits per heavy atom. The van der Waals surface area contributed by atoms with Crippen LogP contribution in [0.3, 0.4) is 0 Å². The Balaban J connectivity index is 2.19. The lowest BCUT2D eigenvalue weighted by Gasteiger charge is -2.37. The minimum absolute atomic E-state index is 0.114. The van der Waals surface area contributed by atoms with Crippen LogP contribution in [0.5, 0.6) is 5.75 Å². The van der Waals surface area contributed by atoms with Crippen LogP contribution in [0.25, 0.3) is 0 Å². The van der Waals surface area contributed by atoms with Crippen molar-refractivity contribution in [1.29, 1.82) is 0 Å². The summed E-state index contributed by atoms with van der Waals surface area (Å²) in [5.74, 6) is 7.93. The van der Waals surface area contributed by atoms with Crippen molar-refractivity contribution < 1.29 is 9.16 Å². The van der Waals surface area contributed by atoms with Gasteiger partial charge in [-0.2, -0.15) is 0 Å². The van der Waals surface area contributed by atoms with Crippen molar-refractivity contribution in [2.24, 2.45) is 0 Å². The summed E-state index contributed by atoms with van der Waals surface area (Å²) in [7, 11) is -1.96. The molecule has 0 aliphatic heterocycles. The Kier molecular flexibility index (Phi) is 6.93. The lowest BCUT2D eigenvalue weighted by molar-refractivity contribution is 0.269. The van der Waals surface area contributed by atoms with Crippen LogP contribution in [-0.2, 0) is 4.43 Å². The molecule has 142 valence electrons. The van der Waals surface area contributed by atoms with Gasteiger partial charge < -0.3 is 9.16 Å². The van der Waals surface area contributed by atoms with E-state index in [1.807, 2.05) is 48.5 Å². The molecule has 0 aliphatic carbocycles. The zero-order valence-corrected chi connectivity index (χ0v) is 18.3. The summed E-state index contributed by atoms with van der Waals surface area (Å²) in [4.78, 5) is 0. The maximum Gasteiger partial charge on any atom is 0.250 e. The smallest absolute Gasteiger partial charge is 0.250 e. The molecule has 0 N–H and O–H groups in total. The Morgan fingerprint density at radius 1 is 1.00 bits per heavy atom. The van der Waals surface area contributed by atoms with Crippen molar-refractivity contribution in [3.63, 3.8) is 0 Å². The van der Waals surface area contributed by atoms with Crippen molar-refractivity contribution in [3.05, 3.63) is 77.6 Å². The van der Waals surface area contributed by atoms with Crippen LogP contribution in [0.2, 0.25) is 18.1 Å². The highest BCUT2D eigenvalue weighted by Gasteiger charge is 2.39. The first-order valence-electron chi connectivity index (χ1n) is 9.31. The molecular formula is C24H30O2Si. The van der Waals surface area contributed by atoms with Gasteiger partial charge in [-0.15, -0.1) is 0 Å². The highest BCUT2D eigenvalue weighted by atomic mass is 28.4. The molecule has 0 aromatic heterocycles. The molecule has 3 heteroatoms. The van der Waals surface area contributed by atoms with Gasteiger partial charge in [-0.05, 0) is 49.3 Å². The van der Waals surface area contributed by atoms with Gasteiger partial charge in [0.2, 0.25) is 8.32 Å². The van der Waals surface area contributed by atoms with Gasteiger partial charge in [-0.25, -0.2) is 0 Å². The zero-order valence-electron chi connectivity index (χ0n) is 17.3. The van der Waals surface area contributed by atoms with Crippen molar-refractivity contribution >= 4 is 8.32 Å². The fraction of sp³-hybridized carbons (Fsp3) is 0.333. The third-order valence-electron chi connectivity index (χ3n) is 4.82. The van der Waals surface area contributed by atoms with Crippen LogP contribution in [0.15, 0.2) is 66.4 Å². The second-order valence-corrected chi connectivity index (χ2v) is 12.9. The molecule has 0 saturated heterocycles. The number of benzene rings is 2. The number of ether oxygens (including phenoxy) is 1. The Bertz CT molecular complexity index is 817. The van der Waals surface area contributed by atoms with Gasteiger partial charge >= 0.3 is 0 Å². The van der Waals surface area contributed by atoms with Crippen LogP contribution in [0.4, 0.5) is 0 Å². The Morgan fingerprint density at radius 2 is 1.63 bits per heavy atom. The Hall–Kier alpha value is -2.44. The summed E-state index contributed by atoms with van der Waals surface area (Å²) in [6.07, 6.45) is 1.85. The highest BCUT2D eigenvalue weighted by molar-refractivity contribution is 6.74. The van der Waals surface area contributed by atoms with Crippen molar-refractivity contribution in [2.45, 2.75) is 45.8 Å². The quantitative estimate of drug-likeness (QED) is 0.344. The summed E-state index contributed by atoms with van der Waals surface area (Å²) in [5, 5.41) is 0.114. The van der Waals surface area contributed by atoms with Crippen LogP contribution < -0.4 is 4.74 Å². The molecule has 0 bridgehead atoms. The number of allylic oxidation sites excluding steroid dienone is 1. The molecule has 0 spiro atoms. The number of hydrogen-bond acceptors (Lipinski definition) is 2. The van der Waals surface area contributed by atoms with E-state index in [1.165, 1.54) is 5.56 Å². The number of hydrogen-bond donors (Lipinski definition) is 0. The van der Waals surface area contributed by atoms with Gasteiger partial charge in [0.05, 0.1) is 0 Å². The van der Waals surface area contributed by atoms with E-state index in [0.717, 1.165) is 17.1 Å². The molecule has 0 saturated carbocycles. The minimum Gasteiger partial charge on any atom is -0.544 e. The van der Waals surface area contributed by atoms with E-state index in [9.17, 15) is 0 Å². The summed E-state index contributed by atoms with van der Waals surface area (Å²) in [6.45, 7) is 13.6. The summed E-state index contributed by atoms with van der Waals surface area (Å²) < 4.78 is 12.4. The predicted octanol–water partition coefficient (Wildman–Crippen LogP) is 6.33. The molecule has 2 rings (SSSR count). The maximum atomic E-state index is 6.45. The maximum absolute atomic E-state index is 6.45. The van der Waals surface area contributed by atoms with Crippen molar-refractivity contribution in [3.8, 4) is 17.6 Å². The molecule has 0 atom stereocenters. The lowest BCUT2D eigenvalue weighted by Crippen LogP contribution is -2.41.